The monoisotopic (exact) mass is 257 g/mol. The molecule has 0 bridgehead atoms. The molecule has 1 aliphatic rings. The van der Waals surface area contributed by atoms with Gasteiger partial charge in [0.2, 0.25) is 5.91 Å². The second-order valence-electron chi connectivity index (χ2n) is 5.14. The Morgan fingerprint density at radius 3 is 2.78 bits per heavy atom. The summed E-state index contributed by atoms with van der Waals surface area (Å²) in [5, 5.41) is 2.87. The first kappa shape index (κ1) is 15.4. The number of carbonyl (C=O) groups is 1. The maximum absolute atomic E-state index is 12.0. The molecule has 1 amide bonds. The molecule has 0 aromatic rings. The normalized spacial score (nSPS) is 26.1. The van der Waals surface area contributed by atoms with E-state index in [4.69, 9.17) is 10.5 Å². The molecule has 1 rings (SSSR count). The van der Waals surface area contributed by atoms with Crippen molar-refractivity contribution in [1.29, 1.82) is 0 Å². The molecule has 0 saturated heterocycles. The van der Waals surface area contributed by atoms with Crippen LogP contribution in [-0.4, -0.2) is 56.2 Å². The maximum atomic E-state index is 12.0. The summed E-state index contributed by atoms with van der Waals surface area (Å²) in [6, 6.07) is 0.371. The standard InChI is InChI=1S/C13H27N3O2/c1-10(13(17)15-8-9-18-3)16(2)12-7-5-4-6-11(12)14/h10-12H,4-9,14H2,1-3H3,(H,15,17). The van der Waals surface area contributed by atoms with E-state index in [1.54, 1.807) is 7.11 Å². The number of nitrogens with two attached hydrogens (primary N) is 1. The summed E-state index contributed by atoms with van der Waals surface area (Å²) in [7, 11) is 3.62. The van der Waals surface area contributed by atoms with Gasteiger partial charge in [0.15, 0.2) is 0 Å². The van der Waals surface area contributed by atoms with Gasteiger partial charge in [-0.1, -0.05) is 12.8 Å². The number of carbonyl (C=O) groups excluding carboxylic acids is 1. The first-order valence-electron chi connectivity index (χ1n) is 6.82. The third-order valence-corrected chi connectivity index (χ3v) is 3.90. The Kier molecular flexibility index (Phi) is 6.60. The SMILES string of the molecule is COCCNC(=O)C(C)N(C)C1CCCCC1N. The van der Waals surface area contributed by atoms with E-state index >= 15 is 0 Å². The Balaban J connectivity index is 2.43. The van der Waals surface area contributed by atoms with Crippen molar-refractivity contribution >= 4 is 5.91 Å². The predicted molar refractivity (Wildman–Crippen MR) is 72.3 cm³/mol. The molecule has 0 heterocycles. The number of ether oxygens (including phenoxy) is 1. The lowest BCUT2D eigenvalue weighted by Gasteiger charge is -2.38. The van der Waals surface area contributed by atoms with Gasteiger partial charge in [0.25, 0.3) is 0 Å². The number of methoxy groups -OCH3 is 1. The number of hydrogen-bond acceptors (Lipinski definition) is 4. The van der Waals surface area contributed by atoms with Crippen molar-refractivity contribution in [3.05, 3.63) is 0 Å². The fourth-order valence-corrected chi connectivity index (χ4v) is 2.54. The number of hydrogen-bond donors (Lipinski definition) is 2. The molecule has 106 valence electrons. The average Bonchev–Trinajstić information content (AvgIpc) is 2.38. The molecule has 1 aliphatic carbocycles. The molecule has 3 unspecified atom stereocenters. The third kappa shape index (κ3) is 4.23. The van der Waals surface area contributed by atoms with Gasteiger partial charge >= 0.3 is 0 Å². The fraction of sp³-hybridized carbons (Fsp3) is 0.923. The Hall–Kier alpha value is -0.650. The van der Waals surface area contributed by atoms with Gasteiger partial charge in [-0.25, -0.2) is 0 Å². The number of likely N-dealkylation sites (N-methyl/N-ethyl adjacent to an activating group) is 1. The van der Waals surface area contributed by atoms with Crippen LogP contribution >= 0.6 is 0 Å². The van der Waals surface area contributed by atoms with Crippen molar-refractivity contribution in [2.24, 2.45) is 5.73 Å². The number of nitrogens with zero attached hydrogens (tertiary/aromatic N) is 1. The molecule has 0 radical (unpaired) electrons. The molecule has 0 spiro atoms. The van der Waals surface area contributed by atoms with Crippen LogP contribution in [0, 0.1) is 0 Å². The van der Waals surface area contributed by atoms with Crippen LogP contribution in [0.2, 0.25) is 0 Å². The van der Waals surface area contributed by atoms with Crippen LogP contribution in [0.5, 0.6) is 0 Å². The van der Waals surface area contributed by atoms with E-state index in [1.165, 1.54) is 12.8 Å². The Morgan fingerprint density at radius 2 is 2.17 bits per heavy atom. The summed E-state index contributed by atoms with van der Waals surface area (Å²) in [6.45, 7) is 3.04. The number of amides is 1. The minimum atomic E-state index is -0.143. The van der Waals surface area contributed by atoms with E-state index in [-0.39, 0.29) is 18.0 Å². The van der Waals surface area contributed by atoms with Gasteiger partial charge in [-0.05, 0) is 26.8 Å². The minimum Gasteiger partial charge on any atom is -0.383 e. The highest BCUT2D eigenvalue weighted by Gasteiger charge is 2.30. The highest BCUT2D eigenvalue weighted by molar-refractivity contribution is 5.81. The number of nitrogens with one attached hydrogen (secondary N) is 1. The van der Waals surface area contributed by atoms with Crippen molar-refractivity contribution in [2.45, 2.75) is 50.7 Å². The van der Waals surface area contributed by atoms with Crippen LogP contribution in [0.3, 0.4) is 0 Å². The van der Waals surface area contributed by atoms with Crippen LogP contribution in [0.15, 0.2) is 0 Å². The van der Waals surface area contributed by atoms with Crippen LogP contribution in [0.25, 0.3) is 0 Å². The molecular formula is C13H27N3O2. The minimum absolute atomic E-state index is 0.0484. The average molecular weight is 257 g/mol. The largest absolute Gasteiger partial charge is 0.383 e. The zero-order chi connectivity index (χ0) is 13.5. The Bertz CT molecular complexity index is 261. The second-order valence-corrected chi connectivity index (χ2v) is 5.14. The lowest BCUT2D eigenvalue weighted by atomic mass is 9.89. The lowest BCUT2D eigenvalue weighted by Crippen LogP contribution is -2.55. The summed E-state index contributed by atoms with van der Waals surface area (Å²) >= 11 is 0. The van der Waals surface area contributed by atoms with E-state index in [0.717, 1.165) is 12.8 Å². The Labute approximate surface area is 110 Å². The van der Waals surface area contributed by atoms with Crippen molar-refractivity contribution in [3.8, 4) is 0 Å². The summed E-state index contributed by atoms with van der Waals surface area (Å²) in [4.78, 5) is 14.1. The third-order valence-electron chi connectivity index (χ3n) is 3.90. The lowest BCUT2D eigenvalue weighted by molar-refractivity contribution is -0.126. The summed E-state index contributed by atoms with van der Waals surface area (Å²) in [5.41, 5.74) is 6.15. The van der Waals surface area contributed by atoms with Crippen molar-refractivity contribution in [3.63, 3.8) is 0 Å². The van der Waals surface area contributed by atoms with Crippen molar-refractivity contribution in [1.82, 2.24) is 10.2 Å². The molecule has 5 heteroatoms. The fourth-order valence-electron chi connectivity index (χ4n) is 2.54. The molecular weight excluding hydrogens is 230 g/mol. The quantitative estimate of drug-likeness (QED) is 0.673. The molecule has 0 aliphatic heterocycles. The van der Waals surface area contributed by atoms with E-state index in [2.05, 4.69) is 10.2 Å². The van der Waals surface area contributed by atoms with Gasteiger partial charge in [-0.3, -0.25) is 9.69 Å². The van der Waals surface area contributed by atoms with Crippen LogP contribution in [0.4, 0.5) is 0 Å². The van der Waals surface area contributed by atoms with Gasteiger partial charge in [0, 0.05) is 25.7 Å². The first-order valence-corrected chi connectivity index (χ1v) is 6.82. The van der Waals surface area contributed by atoms with E-state index in [9.17, 15) is 4.79 Å². The molecule has 3 atom stereocenters. The Morgan fingerprint density at radius 1 is 1.50 bits per heavy atom. The van der Waals surface area contributed by atoms with E-state index in [1.807, 2.05) is 14.0 Å². The topological polar surface area (TPSA) is 67.6 Å². The zero-order valence-electron chi connectivity index (χ0n) is 11.8. The molecule has 1 fully saturated rings. The first-order chi connectivity index (χ1) is 8.57. The highest BCUT2D eigenvalue weighted by Crippen LogP contribution is 2.22. The smallest absolute Gasteiger partial charge is 0.237 e. The van der Waals surface area contributed by atoms with Crippen LogP contribution < -0.4 is 11.1 Å². The molecule has 0 aromatic heterocycles. The molecule has 0 aromatic carbocycles. The van der Waals surface area contributed by atoms with E-state index < -0.39 is 0 Å². The van der Waals surface area contributed by atoms with E-state index in [0.29, 0.717) is 19.2 Å². The molecule has 1 saturated carbocycles. The second kappa shape index (κ2) is 7.71. The van der Waals surface area contributed by atoms with Crippen LogP contribution in [-0.2, 0) is 9.53 Å². The summed E-state index contributed by atoms with van der Waals surface area (Å²) in [5.74, 6) is 0.0484. The molecule has 3 N–H and O–H groups in total. The summed E-state index contributed by atoms with van der Waals surface area (Å²) in [6.07, 6.45) is 4.57. The molecule has 18 heavy (non-hydrogen) atoms. The summed E-state index contributed by atoms with van der Waals surface area (Å²) < 4.78 is 4.92. The van der Waals surface area contributed by atoms with Gasteiger partial charge in [0.05, 0.1) is 12.6 Å². The van der Waals surface area contributed by atoms with Gasteiger partial charge < -0.3 is 15.8 Å². The number of rotatable bonds is 6. The van der Waals surface area contributed by atoms with Crippen molar-refractivity contribution < 1.29 is 9.53 Å². The van der Waals surface area contributed by atoms with Gasteiger partial charge in [0.1, 0.15) is 0 Å². The van der Waals surface area contributed by atoms with Gasteiger partial charge in [-0.2, -0.15) is 0 Å². The molecule has 5 nitrogen and oxygen atoms in total. The zero-order valence-corrected chi connectivity index (χ0v) is 11.8. The van der Waals surface area contributed by atoms with Crippen LogP contribution in [0.1, 0.15) is 32.6 Å². The van der Waals surface area contributed by atoms with Crippen molar-refractivity contribution in [2.75, 3.05) is 27.3 Å². The van der Waals surface area contributed by atoms with Gasteiger partial charge in [-0.15, -0.1) is 0 Å². The predicted octanol–water partition coefficient (Wildman–Crippen LogP) is 0.339. The maximum Gasteiger partial charge on any atom is 0.237 e. The highest BCUT2D eigenvalue weighted by atomic mass is 16.5.